The molecule has 0 atom stereocenters. The summed E-state index contributed by atoms with van der Waals surface area (Å²) in [4.78, 5) is 3.91. The van der Waals surface area contributed by atoms with Crippen molar-refractivity contribution in [2.45, 2.75) is 24.2 Å². The third-order valence-electron chi connectivity index (χ3n) is 4.38. The molecule has 0 amide bonds. The molecule has 0 aliphatic heterocycles. The highest BCUT2D eigenvalue weighted by Gasteiger charge is 2.36. The second kappa shape index (κ2) is 8.91. The quantitative estimate of drug-likeness (QED) is 0.364. The maximum absolute atomic E-state index is 12.4. The van der Waals surface area contributed by atoms with Crippen LogP contribution in [-0.4, -0.2) is 37.4 Å². The lowest BCUT2D eigenvalue weighted by Gasteiger charge is -2.31. The lowest BCUT2D eigenvalue weighted by Crippen LogP contribution is -2.36. The van der Waals surface area contributed by atoms with Crippen LogP contribution in [0.2, 0.25) is 10.0 Å². The summed E-state index contributed by atoms with van der Waals surface area (Å²) < 4.78 is 42.4. The number of hydrogen-bond donors (Lipinski definition) is 0. The van der Waals surface area contributed by atoms with Gasteiger partial charge in [-0.3, -0.25) is 0 Å². The van der Waals surface area contributed by atoms with Crippen molar-refractivity contribution in [3.8, 4) is 6.01 Å². The van der Waals surface area contributed by atoms with Crippen LogP contribution in [0.5, 0.6) is 6.01 Å². The summed E-state index contributed by atoms with van der Waals surface area (Å²) in [7, 11) is -1.17. The van der Waals surface area contributed by atoms with Crippen LogP contribution in [0.4, 0.5) is 0 Å². The molecule has 2 aromatic carbocycles. The first kappa shape index (κ1) is 22.5. The molecule has 0 N–H and O–H groups in total. The number of halogens is 2. The van der Waals surface area contributed by atoms with Crippen LogP contribution in [-0.2, 0) is 31.9 Å². The van der Waals surface area contributed by atoms with E-state index in [1.807, 2.05) is 6.92 Å². The predicted octanol–water partition coefficient (Wildman–Crippen LogP) is 3.81. The molecule has 0 saturated heterocycles. The average Bonchev–Trinajstić information content (AvgIpc) is 3.12. The van der Waals surface area contributed by atoms with E-state index in [1.54, 1.807) is 30.3 Å². The second-order valence-corrected chi connectivity index (χ2v) is 8.75. The zero-order valence-electron chi connectivity index (χ0n) is 16.4. The Hall–Kier alpha value is -2.17. The summed E-state index contributed by atoms with van der Waals surface area (Å²) in [6, 6.07) is 10.8. The molecule has 0 aliphatic rings. The second-order valence-electron chi connectivity index (χ2n) is 6.36. The van der Waals surface area contributed by atoms with Crippen LogP contribution >= 0.6 is 23.2 Å². The number of aryl methyl sites for hydroxylation is 1. The standard InChI is InChI=1S/C19H19Cl2N3O5S/c1-13-4-7-15(8-5-13)30(25,26)29-18-22-12-24(23-18)11-19(27-2,28-3)16-9-6-14(20)10-17(16)21/h4-10,12H,11H2,1-3H3. The molecule has 0 bridgehead atoms. The SMILES string of the molecule is COC(Cn1cnc(OS(=O)(=O)c2ccc(C)cc2)n1)(OC)c1ccc(Cl)cc1Cl. The van der Waals surface area contributed by atoms with Crippen LogP contribution < -0.4 is 4.18 Å². The molecule has 0 saturated carbocycles. The van der Waals surface area contributed by atoms with Gasteiger partial charge in [-0.1, -0.05) is 47.0 Å². The van der Waals surface area contributed by atoms with Crippen molar-refractivity contribution in [3.63, 3.8) is 0 Å². The molecule has 160 valence electrons. The van der Waals surface area contributed by atoms with Gasteiger partial charge in [-0.05, 0) is 31.2 Å². The third kappa shape index (κ3) is 4.76. The maximum atomic E-state index is 12.4. The van der Waals surface area contributed by atoms with Gasteiger partial charge in [0.1, 0.15) is 17.8 Å². The van der Waals surface area contributed by atoms with Gasteiger partial charge in [0, 0.05) is 24.8 Å². The van der Waals surface area contributed by atoms with Crippen molar-refractivity contribution in [1.82, 2.24) is 14.8 Å². The van der Waals surface area contributed by atoms with Crippen LogP contribution in [0.15, 0.2) is 53.7 Å². The lowest BCUT2D eigenvalue weighted by molar-refractivity contribution is -0.226. The summed E-state index contributed by atoms with van der Waals surface area (Å²) in [5.74, 6) is -1.32. The summed E-state index contributed by atoms with van der Waals surface area (Å²) in [5, 5.41) is 4.87. The Morgan fingerprint density at radius 2 is 1.73 bits per heavy atom. The van der Waals surface area contributed by atoms with E-state index in [1.165, 1.54) is 37.4 Å². The van der Waals surface area contributed by atoms with Crippen molar-refractivity contribution >= 4 is 33.3 Å². The number of nitrogens with zero attached hydrogens (tertiary/aromatic N) is 3. The molecule has 0 fully saturated rings. The van der Waals surface area contributed by atoms with E-state index in [4.69, 9.17) is 36.9 Å². The molecule has 0 spiro atoms. The average molecular weight is 472 g/mol. The van der Waals surface area contributed by atoms with Crippen molar-refractivity contribution < 1.29 is 22.1 Å². The van der Waals surface area contributed by atoms with Gasteiger partial charge in [-0.15, -0.1) is 5.10 Å². The minimum Gasteiger partial charge on any atom is -0.348 e. The lowest BCUT2D eigenvalue weighted by atomic mass is 10.1. The van der Waals surface area contributed by atoms with Crippen molar-refractivity contribution in [3.05, 3.63) is 70.0 Å². The third-order valence-corrected chi connectivity index (χ3v) is 6.15. The summed E-state index contributed by atoms with van der Waals surface area (Å²) in [6.45, 7) is 1.87. The first-order valence-electron chi connectivity index (χ1n) is 8.65. The fraction of sp³-hybridized carbons (Fsp3) is 0.263. The number of methoxy groups -OCH3 is 2. The molecule has 30 heavy (non-hydrogen) atoms. The molecule has 11 heteroatoms. The molecule has 3 rings (SSSR count). The van der Waals surface area contributed by atoms with E-state index in [-0.39, 0.29) is 17.5 Å². The Morgan fingerprint density at radius 1 is 1.07 bits per heavy atom. The van der Waals surface area contributed by atoms with E-state index >= 15 is 0 Å². The van der Waals surface area contributed by atoms with Gasteiger partial charge in [0.25, 0.3) is 0 Å². The zero-order chi connectivity index (χ0) is 21.9. The molecule has 1 aromatic heterocycles. The summed E-state index contributed by atoms with van der Waals surface area (Å²) in [5.41, 5.74) is 1.44. The van der Waals surface area contributed by atoms with Gasteiger partial charge < -0.3 is 13.7 Å². The molecular weight excluding hydrogens is 453 g/mol. The van der Waals surface area contributed by atoms with Crippen LogP contribution in [0.3, 0.4) is 0 Å². The summed E-state index contributed by atoms with van der Waals surface area (Å²) in [6.07, 6.45) is 1.30. The molecule has 0 aliphatic carbocycles. The fourth-order valence-electron chi connectivity index (χ4n) is 2.77. The first-order valence-corrected chi connectivity index (χ1v) is 10.8. The Balaban J connectivity index is 1.84. The van der Waals surface area contributed by atoms with Crippen molar-refractivity contribution in [1.29, 1.82) is 0 Å². The highest BCUT2D eigenvalue weighted by molar-refractivity contribution is 7.87. The van der Waals surface area contributed by atoms with E-state index < -0.39 is 15.9 Å². The Kier molecular flexibility index (Phi) is 6.68. The van der Waals surface area contributed by atoms with Crippen LogP contribution in [0.1, 0.15) is 11.1 Å². The maximum Gasteiger partial charge on any atom is 0.351 e. The Morgan fingerprint density at radius 3 is 2.33 bits per heavy atom. The largest absolute Gasteiger partial charge is 0.351 e. The summed E-state index contributed by atoms with van der Waals surface area (Å²) >= 11 is 12.3. The minimum absolute atomic E-state index is 0.000487. The smallest absolute Gasteiger partial charge is 0.348 e. The van der Waals surface area contributed by atoms with Crippen LogP contribution in [0.25, 0.3) is 0 Å². The molecule has 0 unspecified atom stereocenters. The topological polar surface area (TPSA) is 92.5 Å². The number of aromatic nitrogens is 3. The van der Waals surface area contributed by atoms with E-state index in [2.05, 4.69) is 10.1 Å². The number of hydrogen-bond acceptors (Lipinski definition) is 7. The van der Waals surface area contributed by atoms with Gasteiger partial charge >= 0.3 is 16.1 Å². The minimum atomic E-state index is -4.07. The molecule has 3 aromatic rings. The van der Waals surface area contributed by atoms with Gasteiger partial charge in [-0.2, -0.15) is 13.4 Å². The van der Waals surface area contributed by atoms with Gasteiger partial charge in [0.2, 0.25) is 5.79 Å². The number of rotatable bonds is 8. The van der Waals surface area contributed by atoms with E-state index in [0.717, 1.165) is 5.56 Å². The molecule has 8 nitrogen and oxygen atoms in total. The molecule has 1 heterocycles. The molecular formula is C19H19Cl2N3O5S. The Labute approximate surface area is 184 Å². The van der Waals surface area contributed by atoms with Gasteiger partial charge in [0.05, 0.1) is 5.02 Å². The highest BCUT2D eigenvalue weighted by Crippen LogP contribution is 2.35. The monoisotopic (exact) mass is 471 g/mol. The first-order chi connectivity index (χ1) is 14.2. The van der Waals surface area contributed by atoms with E-state index in [9.17, 15) is 8.42 Å². The zero-order valence-corrected chi connectivity index (χ0v) is 18.7. The van der Waals surface area contributed by atoms with Crippen LogP contribution in [0, 0.1) is 6.92 Å². The Bertz CT molecular complexity index is 1130. The highest BCUT2D eigenvalue weighted by atomic mass is 35.5. The molecule has 0 radical (unpaired) electrons. The predicted molar refractivity (Wildman–Crippen MR) is 111 cm³/mol. The normalized spacial score (nSPS) is 12.2. The van der Waals surface area contributed by atoms with Gasteiger partial charge in [0.15, 0.2) is 0 Å². The van der Waals surface area contributed by atoms with Crippen molar-refractivity contribution in [2.75, 3.05) is 14.2 Å². The van der Waals surface area contributed by atoms with Crippen molar-refractivity contribution in [2.24, 2.45) is 0 Å². The number of ether oxygens (including phenoxy) is 2. The number of benzene rings is 2. The fourth-order valence-corrected chi connectivity index (χ4v) is 4.16. The van der Waals surface area contributed by atoms with Gasteiger partial charge in [-0.25, -0.2) is 4.68 Å². The van der Waals surface area contributed by atoms with E-state index in [0.29, 0.717) is 15.6 Å².